The Balaban J connectivity index is 1.70. The van der Waals surface area contributed by atoms with Crippen LogP contribution in [0.4, 0.5) is 5.69 Å². The molecular formula is C19H24N2O. The van der Waals surface area contributed by atoms with Crippen molar-refractivity contribution in [3.05, 3.63) is 65.2 Å². The lowest BCUT2D eigenvalue weighted by molar-refractivity contribution is -0.121. The molecule has 0 aliphatic rings. The molecule has 0 aliphatic heterocycles. The molecule has 1 amide bonds. The third-order valence-corrected chi connectivity index (χ3v) is 3.84. The predicted octanol–water partition coefficient (Wildman–Crippen LogP) is 3.12. The van der Waals surface area contributed by atoms with E-state index in [4.69, 9.17) is 5.73 Å². The van der Waals surface area contributed by atoms with Crippen molar-refractivity contribution in [3.8, 4) is 0 Å². The van der Waals surface area contributed by atoms with Crippen molar-refractivity contribution in [2.75, 3.05) is 12.3 Å². The molecule has 3 N–H and O–H groups in total. The van der Waals surface area contributed by atoms with Crippen LogP contribution < -0.4 is 11.1 Å². The molecule has 116 valence electrons. The summed E-state index contributed by atoms with van der Waals surface area (Å²) in [6, 6.07) is 16.3. The zero-order valence-corrected chi connectivity index (χ0v) is 13.1. The van der Waals surface area contributed by atoms with Crippen molar-refractivity contribution in [1.82, 2.24) is 5.32 Å². The molecular weight excluding hydrogens is 272 g/mol. The van der Waals surface area contributed by atoms with Gasteiger partial charge >= 0.3 is 0 Å². The molecule has 2 aromatic carbocycles. The highest BCUT2D eigenvalue weighted by Gasteiger charge is 2.04. The molecule has 0 atom stereocenters. The lowest BCUT2D eigenvalue weighted by Gasteiger charge is -2.07. The van der Waals surface area contributed by atoms with Gasteiger partial charge in [-0.1, -0.05) is 49.4 Å². The summed E-state index contributed by atoms with van der Waals surface area (Å²) in [5, 5.41) is 2.97. The van der Waals surface area contributed by atoms with Crippen LogP contribution in [0.5, 0.6) is 0 Å². The fourth-order valence-corrected chi connectivity index (χ4v) is 2.39. The molecule has 0 spiro atoms. The molecule has 3 nitrogen and oxygen atoms in total. The summed E-state index contributed by atoms with van der Waals surface area (Å²) in [6.45, 7) is 2.82. The lowest BCUT2D eigenvalue weighted by atomic mass is 10.1. The summed E-state index contributed by atoms with van der Waals surface area (Å²) in [5.41, 5.74) is 10.3. The zero-order valence-electron chi connectivity index (χ0n) is 13.1. The van der Waals surface area contributed by atoms with Crippen LogP contribution in [0.1, 0.15) is 30.0 Å². The number of anilines is 1. The Kier molecular flexibility index (Phi) is 6.01. The molecule has 3 heteroatoms. The van der Waals surface area contributed by atoms with Crippen LogP contribution in [0, 0.1) is 0 Å². The number of para-hydroxylation sites is 1. The topological polar surface area (TPSA) is 55.1 Å². The molecule has 0 saturated carbocycles. The summed E-state index contributed by atoms with van der Waals surface area (Å²) >= 11 is 0. The largest absolute Gasteiger partial charge is 0.399 e. The third-order valence-electron chi connectivity index (χ3n) is 3.84. The van der Waals surface area contributed by atoms with Crippen LogP contribution in [0.25, 0.3) is 0 Å². The van der Waals surface area contributed by atoms with Gasteiger partial charge in [-0.3, -0.25) is 4.79 Å². The summed E-state index contributed by atoms with van der Waals surface area (Å²) < 4.78 is 0. The third kappa shape index (κ3) is 4.92. The number of hydrogen-bond acceptors (Lipinski definition) is 2. The Hall–Kier alpha value is -2.29. The molecule has 0 aliphatic carbocycles. The average Bonchev–Trinajstić information content (AvgIpc) is 2.55. The highest BCUT2D eigenvalue weighted by atomic mass is 16.1. The molecule has 0 aromatic heterocycles. The number of amides is 1. The maximum Gasteiger partial charge on any atom is 0.220 e. The second-order valence-electron chi connectivity index (χ2n) is 5.47. The fraction of sp³-hybridized carbons (Fsp3) is 0.316. The second kappa shape index (κ2) is 8.23. The molecule has 0 fully saturated rings. The van der Waals surface area contributed by atoms with Crippen molar-refractivity contribution in [2.45, 2.75) is 32.6 Å². The van der Waals surface area contributed by atoms with Crippen LogP contribution in [0.2, 0.25) is 0 Å². The standard InChI is InChI=1S/C19H24N2O/c1-2-15-7-9-16(10-8-15)13-14-21-19(22)12-11-17-5-3-4-6-18(17)20/h3-10H,2,11-14,20H2,1H3,(H,21,22). The van der Waals surface area contributed by atoms with Gasteiger partial charge in [0.25, 0.3) is 0 Å². The van der Waals surface area contributed by atoms with Crippen molar-refractivity contribution in [2.24, 2.45) is 0 Å². The Morgan fingerprint density at radius 2 is 1.68 bits per heavy atom. The number of carbonyl (C=O) groups is 1. The van der Waals surface area contributed by atoms with E-state index in [0.717, 1.165) is 24.1 Å². The minimum atomic E-state index is 0.0773. The SMILES string of the molecule is CCc1ccc(CCNC(=O)CCc2ccccc2N)cc1. The summed E-state index contributed by atoms with van der Waals surface area (Å²) in [7, 11) is 0. The van der Waals surface area contributed by atoms with E-state index >= 15 is 0 Å². The number of nitrogens with one attached hydrogen (secondary N) is 1. The zero-order chi connectivity index (χ0) is 15.8. The van der Waals surface area contributed by atoms with Gasteiger partial charge in [0.1, 0.15) is 0 Å². The average molecular weight is 296 g/mol. The van der Waals surface area contributed by atoms with Gasteiger partial charge < -0.3 is 11.1 Å². The normalized spacial score (nSPS) is 10.4. The minimum Gasteiger partial charge on any atom is -0.399 e. The number of carbonyl (C=O) groups excluding carboxylic acids is 1. The van der Waals surface area contributed by atoms with E-state index < -0.39 is 0 Å². The Bertz CT molecular complexity index is 605. The van der Waals surface area contributed by atoms with Gasteiger partial charge in [0.2, 0.25) is 5.91 Å². The highest BCUT2D eigenvalue weighted by Crippen LogP contribution is 2.12. The van der Waals surface area contributed by atoms with Crippen LogP contribution in [-0.2, 0) is 24.1 Å². The Morgan fingerprint density at radius 3 is 2.36 bits per heavy atom. The maximum atomic E-state index is 11.9. The first-order valence-corrected chi connectivity index (χ1v) is 7.87. The van der Waals surface area contributed by atoms with E-state index in [1.807, 2.05) is 24.3 Å². The van der Waals surface area contributed by atoms with Crippen LogP contribution in [0.3, 0.4) is 0 Å². The lowest BCUT2D eigenvalue weighted by Crippen LogP contribution is -2.25. The smallest absolute Gasteiger partial charge is 0.220 e. The Morgan fingerprint density at radius 1 is 1.00 bits per heavy atom. The van der Waals surface area contributed by atoms with E-state index in [2.05, 4.69) is 36.5 Å². The van der Waals surface area contributed by atoms with Gasteiger partial charge in [-0.05, 0) is 42.0 Å². The monoisotopic (exact) mass is 296 g/mol. The van der Waals surface area contributed by atoms with Crippen molar-refractivity contribution in [1.29, 1.82) is 0 Å². The molecule has 0 saturated heterocycles. The fourth-order valence-electron chi connectivity index (χ4n) is 2.39. The highest BCUT2D eigenvalue weighted by molar-refractivity contribution is 5.76. The molecule has 2 aromatic rings. The van der Waals surface area contributed by atoms with E-state index in [-0.39, 0.29) is 5.91 Å². The van der Waals surface area contributed by atoms with E-state index in [1.54, 1.807) is 0 Å². The first kappa shape index (κ1) is 16.1. The van der Waals surface area contributed by atoms with Crippen molar-refractivity contribution < 1.29 is 4.79 Å². The van der Waals surface area contributed by atoms with E-state index in [1.165, 1.54) is 11.1 Å². The first-order chi connectivity index (χ1) is 10.7. The van der Waals surface area contributed by atoms with Gasteiger partial charge in [0.15, 0.2) is 0 Å². The van der Waals surface area contributed by atoms with E-state index in [9.17, 15) is 4.79 Å². The number of aryl methyl sites for hydroxylation is 2. The minimum absolute atomic E-state index is 0.0773. The van der Waals surface area contributed by atoms with Crippen molar-refractivity contribution >= 4 is 11.6 Å². The summed E-state index contributed by atoms with van der Waals surface area (Å²) in [4.78, 5) is 11.9. The van der Waals surface area contributed by atoms with E-state index in [0.29, 0.717) is 19.4 Å². The summed E-state index contributed by atoms with van der Waals surface area (Å²) in [5.74, 6) is 0.0773. The molecule has 0 bridgehead atoms. The van der Waals surface area contributed by atoms with Gasteiger partial charge in [-0.15, -0.1) is 0 Å². The number of nitrogen functional groups attached to an aromatic ring is 1. The van der Waals surface area contributed by atoms with Gasteiger partial charge in [-0.2, -0.15) is 0 Å². The van der Waals surface area contributed by atoms with Gasteiger partial charge in [-0.25, -0.2) is 0 Å². The number of benzene rings is 2. The van der Waals surface area contributed by atoms with Crippen LogP contribution >= 0.6 is 0 Å². The molecule has 22 heavy (non-hydrogen) atoms. The first-order valence-electron chi connectivity index (χ1n) is 7.87. The van der Waals surface area contributed by atoms with Crippen LogP contribution in [0.15, 0.2) is 48.5 Å². The predicted molar refractivity (Wildman–Crippen MR) is 91.7 cm³/mol. The summed E-state index contributed by atoms with van der Waals surface area (Å²) in [6.07, 6.45) is 3.08. The second-order valence-corrected chi connectivity index (χ2v) is 5.47. The molecule has 0 unspecified atom stereocenters. The molecule has 0 heterocycles. The molecule has 2 rings (SSSR count). The van der Waals surface area contributed by atoms with Gasteiger partial charge in [0, 0.05) is 18.7 Å². The van der Waals surface area contributed by atoms with Crippen molar-refractivity contribution in [3.63, 3.8) is 0 Å². The maximum absolute atomic E-state index is 11.9. The molecule has 0 radical (unpaired) electrons. The quantitative estimate of drug-likeness (QED) is 0.771. The number of hydrogen-bond donors (Lipinski definition) is 2. The number of rotatable bonds is 7. The Labute approximate surface area is 132 Å². The number of nitrogens with two attached hydrogens (primary N) is 1. The van der Waals surface area contributed by atoms with Crippen LogP contribution in [-0.4, -0.2) is 12.5 Å². The van der Waals surface area contributed by atoms with Gasteiger partial charge in [0.05, 0.1) is 0 Å².